The Morgan fingerprint density at radius 1 is 0.914 bits per heavy atom. The summed E-state index contributed by atoms with van der Waals surface area (Å²) in [5.41, 5.74) is 1.56. The summed E-state index contributed by atoms with van der Waals surface area (Å²) < 4.78 is 7.59. The number of anilines is 1. The molecule has 17 heteroatoms. The number of urea groups is 1. The van der Waals surface area contributed by atoms with Gasteiger partial charge < -0.3 is 35.4 Å². The second-order valence-electron chi connectivity index (χ2n) is 16.0. The molecule has 0 radical (unpaired) electrons. The first-order valence-electron chi connectivity index (χ1n) is 20.5. The summed E-state index contributed by atoms with van der Waals surface area (Å²) in [5.74, 6) is -2.38. The smallest absolute Gasteiger partial charge is 0.329 e. The lowest BCUT2D eigenvalue weighted by Gasteiger charge is -2.39. The van der Waals surface area contributed by atoms with Crippen LogP contribution in [0.5, 0.6) is 0 Å². The molecule has 0 unspecified atom stereocenters. The number of nitrogens with one attached hydrogen (secondary N) is 4. The highest BCUT2D eigenvalue weighted by Gasteiger charge is 2.45. The normalized spacial score (nSPS) is 22.2. The Bertz CT molecular complexity index is 1800. The number of carbonyl (C=O) groups is 7. The van der Waals surface area contributed by atoms with Gasteiger partial charge in [-0.2, -0.15) is 5.10 Å². The molecule has 58 heavy (non-hydrogen) atoms. The molecule has 17 nitrogen and oxygen atoms in total. The zero-order valence-corrected chi connectivity index (χ0v) is 34.4. The molecule has 3 fully saturated rings. The Morgan fingerprint density at radius 2 is 1.62 bits per heavy atom. The number of carbonyl (C=O) groups excluding carboxylic acids is 7. The van der Waals surface area contributed by atoms with Gasteiger partial charge in [0.2, 0.25) is 30.0 Å². The molecule has 3 aliphatic heterocycles. The first kappa shape index (κ1) is 43.6. The number of ether oxygens (including phenoxy) is 1. The maximum atomic E-state index is 14.8. The fourth-order valence-electron chi connectivity index (χ4n) is 8.16. The molecule has 0 spiro atoms. The molecule has 1 aromatic carbocycles. The van der Waals surface area contributed by atoms with Crippen LogP contribution in [0.2, 0.25) is 0 Å². The number of aromatic nitrogens is 2. The van der Waals surface area contributed by atoms with E-state index >= 15 is 0 Å². The predicted molar refractivity (Wildman–Crippen MR) is 214 cm³/mol. The number of esters is 1. The molecule has 7 atom stereocenters. The third-order valence-corrected chi connectivity index (χ3v) is 11.1. The minimum atomic E-state index is -1.49. The molecule has 7 amide bonds. The fraction of sp³-hybridized carbons (Fsp3) is 0.610. The zero-order valence-electron chi connectivity index (χ0n) is 34.4. The van der Waals surface area contributed by atoms with Gasteiger partial charge in [-0.25, -0.2) is 9.59 Å². The quantitative estimate of drug-likeness (QED) is 0.154. The topological polar surface area (TPSA) is 204 Å². The van der Waals surface area contributed by atoms with Crippen molar-refractivity contribution in [1.29, 1.82) is 0 Å². The van der Waals surface area contributed by atoms with Crippen LogP contribution in [0.3, 0.4) is 0 Å². The summed E-state index contributed by atoms with van der Waals surface area (Å²) >= 11 is 0. The van der Waals surface area contributed by atoms with Gasteiger partial charge in [0, 0.05) is 50.4 Å². The van der Waals surface area contributed by atoms with Crippen molar-refractivity contribution in [3.63, 3.8) is 0 Å². The van der Waals surface area contributed by atoms with Gasteiger partial charge in [0.25, 0.3) is 0 Å². The van der Waals surface area contributed by atoms with Crippen molar-refractivity contribution < 1.29 is 38.3 Å². The van der Waals surface area contributed by atoms with E-state index in [1.807, 2.05) is 40.7 Å². The van der Waals surface area contributed by atoms with Crippen LogP contribution < -0.4 is 21.3 Å². The average molecular weight is 806 g/mol. The Balaban J connectivity index is 1.41. The third-order valence-electron chi connectivity index (χ3n) is 11.1. The van der Waals surface area contributed by atoms with Crippen molar-refractivity contribution in [2.24, 2.45) is 5.92 Å². The van der Waals surface area contributed by atoms with Gasteiger partial charge in [-0.3, -0.25) is 34.0 Å². The van der Waals surface area contributed by atoms with Crippen molar-refractivity contribution >= 4 is 47.9 Å². The predicted octanol–water partition coefficient (Wildman–Crippen LogP) is 2.12. The number of hydrogen-bond donors (Lipinski definition) is 4. The van der Waals surface area contributed by atoms with Gasteiger partial charge in [-0.05, 0) is 84.6 Å². The highest BCUT2D eigenvalue weighted by Crippen LogP contribution is 2.27. The molecule has 2 aromatic rings. The third kappa shape index (κ3) is 10.7. The van der Waals surface area contributed by atoms with E-state index in [0.717, 1.165) is 17.7 Å². The lowest BCUT2D eigenvalue weighted by atomic mass is 9.99. The lowest BCUT2D eigenvalue weighted by Crippen LogP contribution is -2.62. The number of piperidine rings is 1. The van der Waals surface area contributed by atoms with Gasteiger partial charge in [0.15, 0.2) is 5.82 Å². The fourth-order valence-corrected chi connectivity index (χ4v) is 8.16. The van der Waals surface area contributed by atoms with Gasteiger partial charge in [-0.1, -0.05) is 37.3 Å². The monoisotopic (exact) mass is 805 g/mol. The van der Waals surface area contributed by atoms with E-state index in [2.05, 4.69) is 26.4 Å². The SMILES string of the molecule is CCn1nc(NC(=O)N[C@@H](Cc2ccccc2)C(=O)N[C@H](C(=O)N2CCC[C@H]2C(=O)N2CCCC[C@H]2C(=O)NC(C)C)[C@H](C)OC(=O)[C@@H]2C[C@@H](C)CN2C=O)cc1C. The maximum absolute atomic E-state index is 14.8. The maximum Gasteiger partial charge on any atom is 0.329 e. The van der Waals surface area contributed by atoms with Crippen molar-refractivity contribution in [2.75, 3.05) is 25.0 Å². The summed E-state index contributed by atoms with van der Waals surface area (Å²) in [5, 5.41) is 15.5. The summed E-state index contributed by atoms with van der Waals surface area (Å²) in [6.45, 7) is 12.4. The highest BCUT2D eigenvalue weighted by molar-refractivity contribution is 5.97. The van der Waals surface area contributed by atoms with Crippen molar-refractivity contribution in [3.05, 3.63) is 47.7 Å². The standard InChI is InChI=1S/C41H59N9O8/c1-7-50-27(5)21-34(46-50)44-41(57)43-30(22-29-14-9-8-10-15-29)36(52)45-35(28(6)58-40(56)33-20-26(4)23-47(33)24-51)39(55)49-19-13-17-32(49)38(54)48-18-12-11-16-31(48)37(53)42-25(2)3/h8-10,14-15,21,24-26,28,30-33,35H,7,11-13,16-20,22-23H2,1-6H3,(H,42,53)(H,45,52)(H2,43,44,46,57)/t26-,28+,30+,31+,32+,33+,35+/m1/s1. The molecule has 0 saturated carbocycles. The van der Waals surface area contributed by atoms with Crippen molar-refractivity contribution in [1.82, 2.24) is 40.4 Å². The van der Waals surface area contributed by atoms with E-state index in [1.165, 1.54) is 16.7 Å². The highest BCUT2D eigenvalue weighted by atomic mass is 16.5. The van der Waals surface area contributed by atoms with Crippen LogP contribution >= 0.6 is 0 Å². The van der Waals surface area contributed by atoms with Crippen LogP contribution in [0.1, 0.15) is 84.4 Å². The number of rotatable bonds is 15. The average Bonchev–Trinajstić information content (AvgIpc) is 3.94. The van der Waals surface area contributed by atoms with Crippen LogP contribution in [0.4, 0.5) is 10.6 Å². The van der Waals surface area contributed by atoms with E-state index in [4.69, 9.17) is 4.74 Å². The zero-order chi connectivity index (χ0) is 42.1. The second-order valence-corrected chi connectivity index (χ2v) is 16.0. The van der Waals surface area contributed by atoms with Crippen LogP contribution in [-0.2, 0) is 46.5 Å². The second kappa shape index (κ2) is 19.8. The Hall–Kier alpha value is -5.48. The molecule has 1 aromatic heterocycles. The van der Waals surface area contributed by atoms with E-state index in [-0.39, 0.29) is 42.6 Å². The number of hydrogen-bond acceptors (Lipinski definition) is 9. The first-order chi connectivity index (χ1) is 27.7. The summed E-state index contributed by atoms with van der Waals surface area (Å²) in [4.78, 5) is 99.7. The number of benzene rings is 1. The summed E-state index contributed by atoms with van der Waals surface area (Å²) in [6.07, 6.45) is 2.59. The Labute approximate surface area is 339 Å². The minimum Gasteiger partial charge on any atom is -0.458 e. The van der Waals surface area contributed by atoms with E-state index in [9.17, 15) is 33.6 Å². The van der Waals surface area contributed by atoms with Crippen LogP contribution in [-0.4, -0.2) is 129 Å². The van der Waals surface area contributed by atoms with Crippen molar-refractivity contribution in [2.45, 2.75) is 135 Å². The number of amides is 7. The summed E-state index contributed by atoms with van der Waals surface area (Å²) in [7, 11) is 0. The number of nitrogens with zero attached hydrogens (tertiary/aromatic N) is 5. The van der Waals surface area contributed by atoms with Gasteiger partial charge >= 0.3 is 12.0 Å². The Kier molecular flexibility index (Phi) is 14.9. The van der Waals surface area contributed by atoms with Crippen LogP contribution in [0.25, 0.3) is 0 Å². The molecule has 4 N–H and O–H groups in total. The van der Waals surface area contributed by atoms with E-state index in [0.29, 0.717) is 58.1 Å². The minimum absolute atomic E-state index is 0.0448. The van der Waals surface area contributed by atoms with Crippen LogP contribution in [0.15, 0.2) is 36.4 Å². The largest absolute Gasteiger partial charge is 0.458 e. The first-order valence-corrected chi connectivity index (χ1v) is 20.5. The molecule has 0 bridgehead atoms. The van der Waals surface area contributed by atoms with E-state index in [1.54, 1.807) is 39.9 Å². The number of aryl methyl sites for hydroxylation is 2. The molecular weight excluding hydrogens is 747 g/mol. The Morgan fingerprint density at radius 3 is 2.29 bits per heavy atom. The molecule has 0 aliphatic carbocycles. The molecule has 5 rings (SSSR count). The van der Waals surface area contributed by atoms with Crippen LogP contribution in [0, 0.1) is 12.8 Å². The van der Waals surface area contributed by atoms with Crippen molar-refractivity contribution in [3.8, 4) is 0 Å². The molecule has 3 aliphatic rings. The number of likely N-dealkylation sites (tertiary alicyclic amines) is 3. The molecule has 316 valence electrons. The van der Waals surface area contributed by atoms with Gasteiger partial charge in [0.05, 0.1) is 0 Å². The summed E-state index contributed by atoms with van der Waals surface area (Å²) in [6, 6.07) is 4.75. The molecular formula is C41H59N9O8. The molecule has 3 saturated heterocycles. The van der Waals surface area contributed by atoms with E-state index < -0.39 is 60.1 Å². The molecule has 4 heterocycles. The lowest BCUT2D eigenvalue weighted by molar-refractivity contribution is -0.161. The van der Waals surface area contributed by atoms with Gasteiger partial charge in [0.1, 0.15) is 36.3 Å². The van der Waals surface area contributed by atoms with Gasteiger partial charge in [-0.15, -0.1) is 0 Å².